The summed E-state index contributed by atoms with van der Waals surface area (Å²) in [6.07, 6.45) is 0.180. The third-order valence-electron chi connectivity index (χ3n) is 5.89. The lowest BCUT2D eigenvalue weighted by Gasteiger charge is -2.40. The van der Waals surface area contributed by atoms with Gasteiger partial charge >= 0.3 is 0 Å². The predicted molar refractivity (Wildman–Crippen MR) is 112 cm³/mol. The van der Waals surface area contributed by atoms with Gasteiger partial charge in [0.15, 0.2) is 0 Å². The van der Waals surface area contributed by atoms with Gasteiger partial charge in [0, 0.05) is 40.5 Å². The van der Waals surface area contributed by atoms with Crippen LogP contribution in [0.5, 0.6) is 0 Å². The first-order valence-electron chi connectivity index (χ1n) is 9.13. The second kappa shape index (κ2) is 6.94. The van der Waals surface area contributed by atoms with E-state index in [2.05, 4.69) is 17.2 Å². The third kappa shape index (κ3) is 2.83. The highest BCUT2D eigenvalue weighted by Gasteiger charge is 2.59. The molecule has 0 aliphatic carbocycles. The maximum Gasteiger partial charge on any atom is 0.236 e. The van der Waals surface area contributed by atoms with Crippen LogP contribution in [0.15, 0.2) is 54.6 Å². The molecule has 2 heterocycles. The smallest absolute Gasteiger partial charge is 0.236 e. The molecule has 0 unspecified atom stereocenters. The molecule has 4 nitrogen and oxygen atoms in total. The molecule has 144 valence electrons. The van der Waals surface area contributed by atoms with Crippen molar-refractivity contribution in [2.45, 2.75) is 24.7 Å². The maximum atomic E-state index is 13.6. The first-order chi connectivity index (χ1) is 13.3. The number of carbonyl (C=O) groups excluding carboxylic acids is 2. The Balaban J connectivity index is 2.03. The van der Waals surface area contributed by atoms with Crippen molar-refractivity contribution >= 4 is 40.7 Å². The van der Waals surface area contributed by atoms with E-state index in [0.717, 1.165) is 16.7 Å². The Hall–Kier alpha value is -2.30. The van der Waals surface area contributed by atoms with E-state index in [-0.39, 0.29) is 24.2 Å². The van der Waals surface area contributed by atoms with Gasteiger partial charge in [-0.2, -0.15) is 0 Å². The summed E-state index contributed by atoms with van der Waals surface area (Å²) in [5.41, 5.74) is 2.25. The lowest BCUT2D eigenvalue weighted by atomic mass is 9.59. The molecule has 1 fully saturated rings. The fourth-order valence-electron chi connectivity index (χ4n) is 4.73. The number of halogens is 2. The van der Waals surface area contributed by atoms with E-state index < -0.39 is 11.3 Å². The summed E-state index contributed by atoms with van der Waals surface area (Å²) in [5, 5.41) is 7.08. The van der Waals surface area contributed by atoms with E-state index in [4.69, 9.17) is 23.2 Å². The molecule has 0 saturated carbocycles. The largest absolute Gasteiger partial charge is 0.355 e. The Morgan fingerprint density at radius 3 is 2.61 bits per heavy atom. The SMILES string of the molecule is C=C(C)[C@H]1CNC(=O)C[C@@H](c2cccc(Cl)c2)[C@]12C(=O)Nc1cc(Cl)ccc12. The Kier molecular flexibility index (Phi) is 4.72. The molecule has 2 amide bonds. The van der Waals surface area contributed by atoms with Gasteiger partial charge in [0.1, 0.15) is 0 Å². The minimum atomic E-state index is -0.977. The molecular weight excluding hydrogens is 395 g/mol. The molecule has 28 heavy (non-hydrogen) atoms. The average Bonchev–Trinajstić information content (AvgIpc) is 2.80. The summed E-state index contributed by atoms with van der Waals surface area (Å²) in [6.45, 7) is 6.40. The molecular formula is C22H20Cl2N2O2. The number of fused-ring (bicyclic) bond motifs is 2. The van der Waals surface area contributed by atoms with Crippen LogP contribution < -0.4 is 10.6 Å². The predicted octanol–water partition coefficient (Wildman–Crippen LogP) is 4.68. The van der Waals surface area contributed by atoms with Crippen molar-refractivity contribution in [1.82, 2.24) is 5.32 Å². The van der Waals surface area contributed by atoms with Gasteiger partial charge in [0.25, 0.3) is 0 Å². The number of amides is 2. The fraction of sp³-hybridized carbons (Fsp3) is 0.273. The summed E-state index contributed by atoms with van der Waals surface area (Å²) in [7, 11) is 0. The second-order valence-corrected chi connectivity index (χ2v) is 8.40. The van der Waals surface area contributed by atoms with E-state index in [1.54, 1.807) is 18.2 Å². The van der Waals surface area contributed by atoms with Crippen LogP contribution in [0.4, 0.5) is 5.69 Å². The molecule has 2 aromatic carbocycles. The van der Waals surface area contributed by atoms with Crippen LogP contribution in [-0.2, 0) is 15.0 Å². The maximum absolute atomic E-state index is 13.6. The lowest BCUT2D eigenvalue weighted by Crippen LogP contribution is -2.48. The Bertz CT molecular complexity index is 1000. The summed E-state index contributed by atoms with van der Waals surface area (Å²) in [5.74, 6) is -0.897. The van der Waals surface area contributed by atoms with Gasteiger partial charge in [-0.1, -0.05) is 53.6 Å². The molecule has 0 bridgehead atoms. The van der Waals surface area contributed by atoms with Gasteiger partial charge in [-0.3, -0.25) is 9.59 Å². The summed E-state index contributed by atoms with van der Waals surface area (Å²) in [4.78, 5) is 26.2. The van der Waals surface area contributed by atoms with E-state index in [0.29, 0.717) is 22.3 Å². The van der Waals surface area contributed by atoms with Gasteiger partial charge in [0.2, 0.25) is 11.8 Å². The van der Waals surface area contributed by atoms with Gasteiger partial charge in [-0.15, -0.1) is 0 Å². The van der Waals surface area contributed by atoms with Crippen molar-refractivity contribution in [3.05, 3.63) is 75.8 Å². The molecule has 0 radical (unpaired) electrons. The van der Waals surface area contributed by atoms with Crippen molar-refractivity contribution in [1.29, 1.82) is 0 Å². The van der Waals surface area contributed by atoms with E-state index in [9.17, 15) is 9.59 Å². The highest BCUT2D eigenvalue weighted by molar-refractivity contribution is 6.31. The van der Waals surface area contributed by atoms with Crippen LogP contribution in [0, 0.1) is 5.92 Å². The molecule has 2 N–H and O–H groups in total. The monoisotopic (exact) mass is 414 g/mol. The average molecular weight is 415 g/mol. The normalized spacial score (nSPS) is 26.4. The number of hydrogen-bond donors (Lipinski definition) is 2. The Morgan fingerprint density at radius 2 is 1.89 bits per heavy atom. The van der Waals surface area contributed by atoms with Crippen molar-refractivity contribution in [2.24, 2.45) is 5.92 Å². The lowest BCUT2D eigenvalue weighted by molar-refractivity contribution is -0.123. The number of carbonyl (C=O) groups is 2. The molecule has 2 aromatic rings. The van der Waals surface area contributed by atoms with Crippen molar-refractivity contribution < 1.29 is 9.59 Å². The molecule has 6 heteroatoms. The van der Waals surface area contributed by atoms with E-state index >= 15 is 0 Å². The molecule has 2 aliphatic rings. The summed E-state index contributed by atoms with van der Waals surface area (Å²) < 4.78 is 0. The van der Waals surface area contributed by atoms with Crippen LogP contribution >= 0.6 is 23.2 Å². The topological polar surface area (TPSA) is 58.2 Å². The van der Waals surface area contributed by atoms with Gasteiger partial charge in [0.05, 0.1) is 5.41 Å². The zero-order valence-electron chi connectivity index (χ0n) is 15.4. The fourth-order valence-corrected chi connectivity index (χ4v) is 5.10. The number of benzene rings is 2. The minimum Gasteiger partial charge on any atom is -0.355 e. The quantitative estimate of drug-likeness (QED) is 0.700. The van der Waals surface area contributed by atoms with E-state index in [1.807, 2.05) is 31.2 Å². The highest BCUT2D eigenvalue weighted by atomic mass is 35.5. The van der Waals surface area contributed by atoms with Crippen LogP contribution in [0.2, 0.25) is 10.0 Å². The van der Waals surface area contributed by atoms with Crippen LogP contribution in [-0.4, -0.2) is 18.4 Å². The Labute approximate surface area is 173 Å². The van der Waals surface area contributed by atoms with Crippen molar-refractivity contribution in [3.8, 4) is 0 Å². The third-order valence-corrected chi connectivity index (χ3v) is 6.36. The zero-order valence-corrected chi connectivity index (χ0v) is 16.9. The van der Waals surface area contributed by atoms with Gasteiger partial charge < -0.3 is 10.6 Å². The van der Waals surface area contributed by atoms with Crippen molar-refractivity contribution in [3.63, 3.8) is 0 Å². The summed E-state index contributed by atoms with van der Waals surface area (Å²) in [6, 6.07) is 12.8. The molecule has 2 aliphatic heterocycles. The first-order valence-corrected chi connectivity index (χ1v) is 9.88. The zero-order chi connectivity index (χ0) is 20.1. The molecule has 1 spiro atoms. The molecule has 4 rings (SSSR count). The standard InChI is InChI=1S/C22H20Cl2N2O2/c1-12(2)18-11-25-20(27)10-17(13-4-3-5-14(23)8-13)22(18)16-7-6-15(24)9-19(16)26-21(22)28/h3-9,17-18H,1,10-11H2,2H3,(H,25,27)(H,26,28)/t17-,18+,22-/m0/s1. The molecule has 3 atom stereocenters. The number of rotatable bonds is 2. The summed E-state index contributed by atoms with van der Waals surface area (Å²) >= 11 is 12.4. The second-order valence-electron chi connectivity index (χ2n) is 7.53. The van der Waals surface area contributed by atoms with Crippen LogP contribution in [0.1, 0.15) is 30.4 Å². The number of anilines is 1. The van der Waals surface area contributed by atoms with Gasteiger partial charge in [-0.05, 0) is 42.3 Å². The van der Waals surface area contributed by atoms with Crippen LogP contribution in [0.25, 0.3) is 0 Å². The van der Waals surface area contributed by atoms with Crippen molar-refractivity contribution in [2.75, 3.05) is 11.9 Å². The molecule has 0 aromatic heterocycles. The minimum absolute atomic E-state index is 0.0942. The van der Waals surface area contributed by atoms with Gasteiger partial charge in [-0.25, -0.2) is 0 Å². The first kappa shape index (κ1) is 19.0. The van der Waals surface area contributed by atoms with E-state index in [1.165, 1.54) is 0 Å². The Morgan fingerprint density at radius 1 is 1.14 bits per heavy atom. The molecule has 1 saturated heterocycles. The highest BCUT2D eigenvalue weighted by Crippen LogP contribution is 2.55. The number of nitrogens with one attached hydrogen (secondary N) is 2. The van der Waals surface area contributed by atoms with Crippen LogP contribution in [0.3, 0.4) is 0 Å². The number of hydrogen-bond acceptors (Lipinski definition) is 2.